The lowest BCUT2D eigenvalue weighted by atomic mass is 9.95. The van der Waals surface area contributed by atoms with Gasteiger partial charge in [0.1, 0.15) is 6.04 Å². The summed E-state index contributed by atoms with van der Waals surface area (Å²) in [5.41, 5.74) is 0.585. The van der Waals surface area contributed by atoms with E-state index in [-0.39, 0.29) is 17.9 Å². The van der Waals surface area contributed by atoms with Crippen molar-refractivity contribution in [1.29, 1.82) is 0 Å². The van der Waals surface area contributed by atoms with Crippen LogP contribution in [0.25, 0.3) is 0 Å². The molecule has 1 N–H and O–H groups in total. The van der Waals surface area contributed by atoms with E-state index in [2.05, 4.69) is 26.1 Å². The van der Waals surface area contributed by atoms with Crippen molar-refractivity contribution in [3.8, 4) is 0 Å². The van der Waals surface area contributed by atoms with Crippen molar-refractivity contribution in [3.05, 3.63) is 35.9 Å². The smallest absolute Gasteiger partial charge is 0.251 e. The number of hydrogen-bond donors (Lipinski definition) is 1. The quantitative estimate of drug-likeness (QED) is 0.919. The fraction of sp³-hybridized carbons (Fsp3) is 0.600. The molecule has 1 aliphatic rings. The molecule has 1 fully saturated rings. The molecule has 132 valence electrons. The number of carbonyl (C=O) groups is 2. The summed E-state index contributed by atoms with van der Waals surface area (Å²) in [7, 11) is 0. The average Bonchev–Trinajstić information content (AvgIpc) is 2.76. The maximum Gasteiger partial charge on any atom is 0.251 e. The lowest BCUT2D eigenvalue weighted by Gasteiger charge is -2.35. The molecule has 3 unspecified atom stereocenters. The monoisotopic (exact) mass is 330 g/mol. The van der Waals surface area contributed by atoms with Crippen LogP contribution in [0.4, 0.5) is 0 Å². The molecule has 1 aromatic carbocycles. The van der Waals surface area contributed by atoms with Gasteiger partial charge < -0.3 is 10.2 Å². The zero-order valence-electron chi connectivity index (χ0n) is 15.3. The van der Waals surface area contributed by atoms with Crippen LogP contribution >= 0.6 is 0 Å². The molecule has 2 amide bonds. The third kappa shape index (κ3) is 4.59. The number of amides is 2. The molecule has 1 saturated heterocycles. The average molecular weight is 330 g/mol. The second-order valence-electron chi connectivity index (χ2n) is 7.38. The molecule has 0 saturated carbocycles. The second kappa shape index (κ2) is 8.32. The van der Waals surface area contributed by atoms with Crippen molar-refractivity contribution in [3.63, 3.8) is 0 Å². The highest BCUT2D eigenvalue weighted by Crippen LogP contribution is 2.26. The number of likely N-dealkylation sites (tertiary alicyclic amines) is 1. The Morgan fingerprint density at radius 2 is 1.75 bits per heavy atom. The first-order valence-electron chi connectivity index (χ1n) is 9.06. The number of rotatable bonds is 4. The zero-order valence-corrected chi connectivity index (χ0v) is 15.3. The predicted molar refractivity (Wildman–Crippen MR) is 96.7 cm³/mol. The molecule has 24 heavy (non-hydrogen) atoms. The van der Waals surface area contributed by atoms with Crippen LogP contribution in [-0.2, 0) is 4.79 Å². The Bertz CT molecular complexity index is 556. The molecule has 0 radical (unpaired) electrons. The summed E-state index contributed by atoms with van der Waals surface area (Å²) < 4.78 is 0. The van der Waals surface area contributed by atoms with Crippen molar-refractivity contribution in [1.82, 2.24) is 10.2 Å². The van der Waals surface area contributed by atoms with Gasteiger partial charge in [-0.3, -0.25) is 9.59 Å². The highest BCUT2D eigenvalue weighted by atomic mass is 16.2. The largest absolute Gasteiger partial charge is 0.341 e. The van der Waals surface area contributed by atoms with Crippen LogP contribution in [0, 0.1) is 11.8 Å². The zero-order chi connectivity index (χ0) is 17.7. The van der Waals surface area contributed by atoms with E-state index in [1.165, 1.54) is 0 Å². The lowest BCUT2D eigenvalue weighted by molar-refractivity contribution is -0.136. The van der Waals surface area contributed by atoms with Crippen LogP contribution in [-0.4, -0.2) is 35.3 Å². The van der Waals surface area contributed by atoms with Gasteiger partial charge in [-0.25, -0.2) is 0 Å². The first-order chi connectivity index (χ1) is 11.4. The number of nitrogens with one attached hydrogen (secondary N) is 1. The molecule has 1 aromatic rings. The molecule has 0 bridgehead atoms. The minimum absolute atomic E-state index is 0.0343. The van der Waals surface area contributed by atoms with E-state index in [0.717, 1.165) is 25.8 Å². The van der Waals surface area contributed by atoms with Gasteiger partial charge in [-0.1, -0.05) is 39.0 Å². The molecule has 3 atom stereocenters. The van der Waals surface area contributed by atoms with Crippen molar-refractivity contribution in [2.45, 2.75) is 59.0 Å². The topological polar surface area (TPSA) is 49.4 Å². The van der Waals surface area contributed by atoms with Crippen molar-refractivity contribution >= 4 is 11.8 Å². The van der Waals surface area contributed by atoms with Gasteiger partial charge in [0.2, 0.25) is 5.91 Å². The standard InChI is InChI=1S/C20H30N2O2/c1-14(2)18-11-10-15(3)12-13-22(18)20(24)16(4)21-19(23)17-8-6-5-7-9-17/h5-9,14-16,18H,10-13H2,1-4H3,(H,21,23). The molecular weight excluding hydrogens is 300 g/mol. The van der Waals surface area contributed by atoms with Gasteiger partial charge in [0.15, 0.2) is 0 Å². The Kier molecular flexibility index (Phi) is 6.41. The Balaban J connectivity index is 2.05. The normalized spacial score (nSPS) is 22.8. The Labute approximate surface area is 145 Å². The van der Waals surface area contributed by atoms with E-state index in [9.17, 15) is 9.59 Å². The molecule has 4 heteroatoms. The van der Waals surface area contributed by atoms with E-state index >= 15 is 0 Å². The van der Waals surface area contributed by atoms with Crippen LogP contribution in [0.5, 0.6) is 0 Å². The third-order valence-electron chi connectivity index (χ3n) is 5.02. The minimum Gasteiger partial charge on any atom is -0.341 e. The van der Waals surface area contributed by atoms with E-state index in [1.807, 2.05) is 23.1 Å². The van der Waals surface area contributed by atoms with Gasteiger partial charge in [0, 0.05) is 18.2 Å². The van der Waals surface area contributed by atoms with Gasteiger partial charge in [0.25, 0.3) is 5.91 Å². The molecule has 0 aliphatic carbocycles. The van der Waals surface area contributed by atoms with Crippen LogP contribution in [0.15, 0.2) is 30.3 Å². The third-order valence-corrected chi connectivity index (χ3v) is 5.02. The van der Waals surface area contributed by atoms with Crippen LogP contribution in [0.2, 0.25) is 0 Å². The van der Waals surface area contributed by atoms with Gasteiger partial charge in [-0.15, -0.1) is 0 Å². The van der Waals surface area contributed by atoms with Crippen molar-refractivity contribution < 1.29 is 9.59 Å². The molecule has 1 aliphatic heterocycles. The highest BCUT2D eigenvalue weighted by Gasteiger charge is 2.32. The summed E-state index contributed by atoms with van der Waals surface area (Å²) in [6.45, 7) is 9.18. The SMILES string of the molecule is CC1CCC(C(C)C)N(C(=O)C(C)NC(=O)c2ccccc2)CC1. The summed E-state index contributed by atoms with van der Waals surface area (Å²) in [6, 6.07) is 8.80. The molecular formula is C20H30N2O2. The van der Waals surface area contributed by atoms with Crippen LogP contribution in [0.1, 0.15) is 57.3 Å². The van der Waals surface area contributed by atoms with Gasteiger partial charge >= 0.3 is 0 Å². The summed E-state index contributed by atoms with van der Waals surface area (Å²) in [5.74, 6) is 0.919. The summed E-state index contributed by atoms with van der Waals surface area (Å²) in [4.78, 5) is 27.3. The van der Waals surface area contributed by atoms with Crippen LogP contribution in [0.3, 0.4) is 0 Å². The van der Waals surface area contributed by atoms with E-state index in [4.69, 9.17) is 0 Å². The van der Waals surface area contributed by atoms with E-state index in [0.29, 0.717) is 17.4 Å². The maximum atomic E-state index is 13.0. The molecule has 0 aromatic heterocycles. The van der Waals surface area contributed by atoms with Crippen LogP contribution < -0.4 is 5.32 Å². The number of nitrogens with zero attached hydrogens (tertiary/aromatic N) is 1. The molecule has 1 heterocycles. The van der Waals surface area contributed by atoms with Crippen molar-refractivity contribution in [2.75, 3.05) is 6.54 Å². The molecule has 2 rings (SSSR count). The molecule has 0 spiro atoms. The summed E-state index contributed by atoms with van der Waals surface area (Å²) >= 11 is 0. The summed E-state index contributed by atoms with van der Waals surface area (Å²) in [5, 5.41) is 2.85. The Morgan fingerprint density at radius 1 is 1.08 bits per heavy atom. The van der Waals surface area contributed by atoms with E-state index in [1.54, 1.807) is 19.1 Å². The highest BCUT2D eigenvalue weighted by molar-refractivity contribution is 5.97. The first-order valence-corrected chi connectivity index (χ1v) is 9.06. The fourth-order valence-corrected chi connectivity index (χ4v) is 3.43. The number of carbonyl (C=O) groups excluding carboxylic acids is 2. The second-order valence-corrected chi connectivity index (χ2v) is 7.38. The van der Waals surface area contributed by atoms with E-state index < -0.39 is 6.04 Å². The van der Waals surface area contributed by atoms with Gasteiger partial charge in [-0.2, -0.15) is 0 Å². The lowest BCUT2D eigenvalue weighted by Crippen LogP contribution is -2.51. The van der Waals surface area contributed by atoms with Crippen molar-refractivity contribution in [2.24, 2.45) is 11.8 Å². The Hall–Kier alpha value is -1.84. The fourth-order valence-electron chi connectivity index (χ4n) is 3.43. The van der Waals surface area contributed by atoms with Gasteiger partial charge in [0.05, 0.1) is 0 Å². The Morgan fingerprint density at radius 3 is 2.38 bits per heavy atom. The predicted octanol–water partition coefficient (Wildman–Crippen LogP) is 3.48. The first kappa shape index (κ1) is 18.5. The summed E-state index contributed by atoms with van der Waals surface area (Å²) in [6.07, 6.45) is 3.25. The van der Waals surface area contributed by atoms with Gasteiger partial charge in [-0.05, 0) is 50.2 Å². The number of benzene rings is 1. The minimum atomic E-state index is -0.507. The number of hydrogen-bond acceptors (Lipinski definition) is 2. The molecule has 4 nitrogen and oxygen atoms in total. The maximum absolute atomic E-state index is 13.0.